The molecule has 1 aromatic carbocycles. The summed E-state index contributed by atoms with van der Waals surface area (Å²) in [6.45, 7) is 0. The minimum absolute atomic E-state index is 0.154. The lowest BCUT2D eigenvalue weighted by atomic mass is 9.99. The van der Waals surface area contributed by atoms with Gasteiger partial charge in [-0.1, -0.05) is 0 Å². The Bertz CT molecular complexity index is 1260. The molecule has 4 aromatic rings. The van der Waals surface area contributed by atoms with Crippen LogP contribution in [0.25, 0.3) is 32.8 Å². The fraction of sp³-hybridized carbons (Fsp3) is 0.273. The summed E-state index contributed by atoms with van der Waals surface area (Å²) in [5.41, 5.74) is 4.69. The van der Waals surface area contributed by atoms with E-state index < -0.39 is 11.9 Å². The van der Waals surface area contributed by atoms with Crippen LogP contribution >= 0.6 is 0 Å². The van der Waals surface area contributed by atoms with E-state index in [1.807, 2.05) is 0 Å². The Hall–Kier alpha value is -3.68. The van der Waals surface area contributed by atoms with Crippen LogP contribution in [0.1, 0.15) is 45.2 Å². The fourth-order valence-electron chi connectivity index (χ4n) is 3.96. The number of hydrogen-bond donors (Lipinski definition) is 0. The number of ether oxygens (including phenoxy) is 2. The molecule has 8 heteroatoms. The molecule has 0 N–H and O–H groups in total. The molecule has 0 saturated heterocycles. The number of fused-ring (bicyclic) bond motifs is 7. The van der Waals surface area contributed by atoms with Crippen LogP contribution in [0.5, 0.6) is 0 Å². The lowest BCUT2D eigenvalue weighted by molar-refractivity contribution is 0.0585. The van der Waals surface area contributed by atoms with Crippen LogP contribution in [-0.2, 0) is 22.3 Å². The third kappa shape index (κ3) is 2.75. The number of aryl methyl sites for hydroxylation is 2. The second-order valence-electron chi connectivity index (χ2n) is 7.19. The van der Waals surface area contributed by atoms with Crippen molar-refractivity contribution in [2.75, 3.05) is 14.2 Å². The number of carbonyl (C=O) groups is 2. The van der Waals surface area contributed by atoms with Crippen LogP contribution in [0.4, 0.5) is 0 Å². The zero-order valence-electron chi connectivity index (χ0n) is 16.6. The summed E-state index contributed by atoms with van der Waals surface area (Å²) in [6.07, 6.45) is 3.97. The standard InChI is InChI=1S/C22H18N4O4/c1-29-21(27)15-9-7-11-17-18(24-14-6-4-3-5-13(14)23-17)12-8-10-16(22(28)30-2)26-20(12)19(11)25-15/h7-10H,3-6H2,1-2H3. The molecule has 3 aromatic heterocycles. The molecule has 0 radical (unpaired) electrons. The molecule has 0 spiro atoms. The molecule has 3 heterocycles. The number of aromatic nitrogens is 4. The summed E-state index contributed by atoms with van der Waals surface area (Å²) in [4.78, 5) is 43.0. The van der Waals surface area contributed by atoms with E-state index in [1.54, 1.807) is 24.3 Å². The van der Waals surface area contributed by atoms with E-state index in [-0.39, 0.29) is 11.4 Å². The number of nitrogens with zero attached hydrogens (tertiary/aromatic N) is 4. The fourth-order valence-corrected chi connectivity index (χ4v) is 3.96. The van der Waals surface area contributed by atoms with Gasteiger partial charge in [0, 0.05) is 10.8 Å². The van der Waals surface area contributed by atoms with Gasteiger partial charge in [0.15, 0.2) is 0 Å². The monoisotopic (exact) mass is 402 g/mol. The van der Waals surface area contributed by atoms with Crippen molar-refractivity contribution in [1.29, 1.82) is 0 Å². The average Bonchev–Trinajstić information content (AvgIpc) is 2.81. The number of carbonyl (C=O) groups excluding carboxylic acids is 2. The van der Waals surface area contributed by atoms with E-state index in [9.17, 15) is 9.59 Å². The third-order valence-corrected chi connectivity index (χ3v) is 5.44. The van der Waals surface area contributed by atoms with Crippen molar-refractivity contribution in [1.82, 2.24) is 19.9 Å². The zero-order chi connectivity index (χ0) is 20.8. The molecule has 5 rings (SSSR count). The molecule has 1 aliphatic carbocycles. The van der Waals surface area contributed by atoms with Crippen molar-refractivity contribution in [2.24, 2.45) is 0 Å². The highest BCUT2D eigenvalue weighted by Crippen LogP contribution is 2.33. The van der Waals surface area contributed by atoms with Gasteiger partial charge >= 0.3 is 11.9 Å². The lowest BCUT2D eigenvalue weighted by Crippen LogP contribution is -2.10. The van der Waals surface area contributed by atoms with Crippen LogP contribution in [0.15, 0.2) is 24.3 Å². The minimum atomic E-state index is -0.550. The first-order valence-electron chi connectivity index (χ1n) is 9.70. The molecule has 0 aliphatic heterocycles. The Kier molecular flexibility index (Phi) is 4.27. The summed E-state index contributed by atoms with van der Waals surface area (Å²) >= 11 is 0. The van der Waals surface area contributed by atoms with Gasteiger partial charge in [0.25, 0.3) is 0 Å². The summed E-state index contributed by atoms with van der Waals surface area (Å²) in [6, 6.07) is 6.77. The molecule has 8 nitrogen and oxygen atoms in total. The minimum Gasteiger partial charge on any atom is -0.464 e. The Labute approximate surface area is 171 Å². The predicted octanol–water partition coefficient (Wildman–Crippen LogP) is 3.18. The van der Waals surface area contributed by atoms with E-state index in [1.165, 1.54) is 14.2 Å². The number of rotatable bonds is 2. The Morgan fingerprint density at radius 3 is 1.47 bits per heavy atom. The summed E-state index contributed by atoms with van der Waals surface area (Å²) in [5.74, 6) is -1.10. The highest BCUT2D eigenvalue weighted by atomic mass is 16.5. The van der Waals surface area contributed by atoms with Crippen molar-refractivity contribution in [3.63, 3.8) is 0 Å². The van der Waals surface area contributed by atoms with Crippen LogP contribution in [0.2, 0.25) is 0 Å². The highest BCUT2D eigenvalue weighted by Gasteiger charge is 2.21. The number of pyridine rings is 2. The Morgan fingerprint density at radius 2 is 1.07 bits per heavy atom. The van der Waals surface area contributed by atoms with E-state index in [0.29, 0.717) is 11.0 Å². The van der Waals surface area contributed by atoms with Gasteiger partial charge in [0.1, 0.15) is 11.4 Å². The van der Waals surface area contributed by atoms with Gasteiger partial charge in [-0.05, 0) is 49.9 Å². The number of methoxy groups -OCH3 is 2. The molecule has 0 unspecified atom stereocenters. The van der Waals surface area contributed by atoms with Crippen LogP contribution in [0, 0.1) is 0 Å². The van der Waals surface area contributed by atoms with Crippen molar-refractivity contribution in [3.8, 4) is 0 Å². The molecule has 30 heavy (non-hydrogen) atoms. The normalized spacial score (nSPS) is 13.4. The van der Waals surface area contributed by atoms with Crippen LogP contribution < -0.4 is 0 Å². The average molecular weight is 402 g/mol. The zero-order valence-corrected chi connectivity index (χ0v) is 16.6. The van der Waals surface area contributed by atoms with Gasteiger partial charge in [-0.3, -0.25) is 0 Å². The van der Waals surface area contributed by atoms with Gasteiger partial charge in [0.05, 0.1) is 47.7 Å². The van der Waals surface area contributed by atoms with E-state index >= 15 is 0 Å². The lowest BCUT2D eigenvalue weighted by Gasteiger charge is -2.16. The second kappa shape index (κ2) is 6.98. The summed E-state index contributed by atoms with van der Waals surface area (Å²) < 4.78 is 9.63. The topological polar surface area (TPSA) is 104 Å². The molecule has 0 amide bonds. The Morgan fingerprint density at radius 1 is 0.667 bits per heavy atom. The first kappa shape index (κ1) is 18.4. The Balaban J connectivity index is 1.93. The second-order valence-corrected chi connectivity index (χ2v) is 7.19. The van der Waals surface area contributed by atoms with Crippen molar-refractivity contribution >= 4 is 44.8 Å². The summed E-state index contributed by atoms with van der Waals surface area (Å²) in [5, 5.41) is 1.45. The number of esters is 2. The molecule has 0 atom stereocenters. The first-order valence-corrected chi connectivity index (χ1v) is 9.70. The molecule has 0 saturated carbocycles. The van der Waals surface area contributed by atoms with Gasteiger partial charge in [-0.2, -0.15) is 0 Å². The number of benzene rings is 1. The van der Waals surface area contributed by atoms with Crippen molar-refractivity contribution in [3.05, 3.63) is 47.0 Å². The largest absolute Gasteiger partial charge is 0.464 e. The van der Waals surface area contributed by atoms with E-state index in [2.05, 4.69) is 9.97 Å². The maximum Gasteiger partial charge on any atom is 0.356 e. The first-order chi connectivity index (χ1) is 14.6. The third-order valence-electron chi connectivity index (χ3n) is 5.44. The molecule has 1 aliphatic rings. The molecule has 150 valence electrons. The van der Waals surface area contributed by atoms with E-state index in [4.69, 9.17) is 19.4 Å². The van der Waals surface area contributed by atoms with Gasteiger partial charge in [-0.25, -0.2) is 29.5 Å². The van der Waals surface area contributed by atoms with Gasteiger partial charge in [-0.15, -0.1) is 0 Å². The van der Waals surface area contributed by atoms with E-state index in [0.717, 1.165) is 58.9 Å². The molecule has 0 bridgehead atoms. The smallest absolute Gasteiger partial charge is 0.356 e. The van der Waals surface area contributed by atoms with Gasteiger partial charge < -0.3 is 9.47 Å². The molecule has 0 fully saturated rings. The maximum absolute atomic E-state index is 12.1. The SMILES string of the molecule is COC(=O)c1ccc2c(n1)c1nc(C(=O)OC)ccc1c1nc3c(nc21)CCCC3. The number of hydrogen-bond acceptors (Lipinski definition) is 8. The van der Waals surface area contributed by atoms with Crippen molar-refractivity contribution in [2.45, 2.75) is 25.7 Å². The predicted molar refractivity (Wildman–Crippen MR) is 109 cm³/mol. The quantitative estimate of drug-likeness (QED) is 0.372. The van der Waals surface area contributed by atoms with Crippen LogP contribution in [0.3, 0.4) is 0 Å². The van der Waals surface area contributed by atoms with Gasteiger partial charge in [0.2, 0.25) is 0 Å². The molecular weight excluding hydrogens is 384 g/mol. The van der Waals surface area contributed by atoms with Crippen molar-refractivity contribution < 1.29 is 19.1 Å². The maximum atomic E-state index is 12.1. The molecular formula is C22H18N4O4. The summed E-state index contributed by atoms with van der Waals surface area (Å²) in [7, 11) is 2.61. The van der Waals surface area contributed by atoms with Crippen LogP contribution in [-0.4, -0.2) is 46.1 Å². The highest BCUT2D eigenvalue weighted by molar-refractivity contribution is 6.21.